The Kier molecular flexibility index (Phi) is 5.57. The summed E-state index contributed by atoms with van der Waals surface area (Å²) in [5.74, 6) is -2.34. The van der Waals surface area contributed by atoms with Gasteiger partial charge < -0.3 is 9.26 Å². The first-order chi connectivity index (χ1) is 12.9. The molecule has 27 heavy (non-hydrogen) atoms. The Hall–Kier alpha value is -2.71. The lowest BCUT2D eigenvalue weighted by Crippen LogP contribution is -2.37. The smallest absolute Gasteiger partial charge is 0.326 e. The summed E-state index contributed by atoms with van der Waals surface area (Å²) in [5.41, 5.74) is 0.690. The molecule has 9 nitrogen and oxygen atoms in total. The zero-order chi connectivity index (χ0) is 19.6. The summed E-state index contributed by atoms with van der Waals surface area (Å²) in [5, 5.41) is 6.24. The van der Waals surface area contributed by atoms with Gasteiger partial charge in [-0.15, -0.1) is 0 Å². The molecule has 0 spiro atoms. The average molecular weight is 377 g/mol. The Morgan fingerprint density at radius 2 is 1.89 bits per heavy atom. The lowest BCUT2D eigenvalue weighted by molar-refractivity contribution is -0.154. The fraction of sp³-hybridized carbons (Fsp3) is 0.611. The molecule has 1 aliphatic carbocycles. The number of carbonyl (C=O) groups is 4. The summed E-state index contributed by atoms with van der Waals surface area (Å²) in [6.45, 7) is 2.86. The number of imide groups is 1. The maximum absolute atomic E-state index is 12.3. The molecule has 1 saturated heterocycles. The van der Waals surface area contributed by atoms with E-state index >= 15 is 0 Å². The van der Waals surface area contributed by atoms with Crippen LogP contribution in [0.25, 0.3) is 0 Å². The third kappa shape index (κ3) is 4.17. The number of fused-ring (bicyclic) bond motifs is 1. The van der Waals surface area contributed by atoms with Crippen LogP contribution in [0.2, 0.25) is 0 Å². The molecular formula is C18H23N3O6. The molecule has 2 aliphatic rings. The number of anilines is 1. The number of aromatic nitrogens is 1. The molecule has 1 aromatic rings. The molecule has 1 aromatic heterocycles. The maximum Gasteiger partial charge on any atom is 0.326 e. The summed E-state index contributed by atoms with van der Waals surface area (Å²) >= 11 is 0. The molecule has 146 valence electrons. The number of hydrogen-bond acceptors (Lipinski definition) is 7. The number of nitrogens with zero attached hydrogens (tertiary/aromatic N) is 2. The van der Waals surface area contributed by atoms with Crippen molar-refractivity contribution in [2.75, 3.05) is 18.5 Å². The van der Waals surface area contributed by atoms with Crippen molar-refractivity contribution in [1.29, 1.82) is 0 Å². The maximum atomic E-state index is 12.3. The predicted molar refractivity (Wildman–Crippen MR) is 92.3 cm³/mol. The standard InChI is InChI=1S/C18H23N3O6/c1-10(2)13-7-15(27-20-13)19-14(22)9-26-16(23)8-21-17(24)11-5-3-4-6-12(11)18(21)25/h7,10-12H,3-6,8-9H2,1-2H3,(H,19,22). The monoisotopic (exact) mass is 377 g/mol. The molecule has 0 radical (unpaired) electrons. The van der Waals surface area contributed by atoms with Gasteiger partial charge in [0.05, 0.1) is 17.5 Å². The summed E-state index contributed by atoms with van der Waals surface area (Å²) in [6, 6.07) is 1.59. The number of hydrogen-bond donors (Lipinski definition) is 1. The van der Waals surface area contributed by atoms with E-state index in [2.05, 4.69) is 10.5 Å². The van der Waals surface area contributed by atoms with Crippen LogP contribution < -0.4 is 5.32 Å². The minimum absolute atomic E-state index is 0.149. The van der Waals surface area contributed by atoms with Gasteiger partial charge in [0.25, 0.3) is 5.91 Å². The third-order valence-corrected chi connectivity index (χ3v) is 4.97. The van der Waals surface area contributed by atoms with Gasteiger partial charge in [0.1, 0.15) is 6.54 Å². The van der Waals surface area contributed by atoms with Crippen LogP contribution in [-0.4, -0.2) is 46.9 Å². The predicted octanol–water partition coefficient (Wildman–Crippen LogP) is 1.45. The normalized spacial score (nSPS) is 22.1. The molecule has 0 aromatic carbocycles. The first kappa shape index (κ1) is 19.1. The highest BCUT2D eigenvalue weighted by atomic mass is 16.5. The fourth-order valence-electron chi connectivity index (χ4n) is 3.50. The number of amides is 3. The lowest BCUT2D eigenvalue weighted by atomic mass is 9.81. The SMILES string of the molecule is CC(C)c1cc(NC(=O)COC(=O)CN2C(=O)C3CCCCC3C2=O)on1. The molecule has 3 amide bonds. The van der Waals surface area contributed by atoms with Crippen molar-refractivity contribution in [2.45, 2.75) is 45.4 Å². The zero-order valence-electron chi connectivity index (χ0n) is 15.4. The first-order valence-corrected chi connectivity index (χ1v) is 9.14. The number of ether oxygens (including phenoxy) is 1. The van der Waals surface area contributed by atoms with E-state index in [1.165, 1.54) is 0 Å². The molecule has 3 rings (SSSR count). The highest BCUT2D eigenvalue weighted by molar-refractivity contribution is 6.07. The van der Waals surface area contributed by atoms with Crippen molar-refractivity contribution in [3.05, 3.63) is 11.8 Å². The van der Waals surface area contributed by atoms with Crippen LogP contribution in [0.5, 0.6) is 0 Å². The summed E-state index contributed by atoms with van der Waals surface area (Å²) < 4.78 is 9.86. The van der Waals surface area contributed by atoms with Crippen LogP contribution >= 0.6 is 0 Å². The number of esters is 1. The van der Waals surface area contributed by atoms with Crippen molar-refractivity contribution < 1.29 is 28.4 Å². The summed E-state index contributed by atoms with van der Waals surface area (Å²) in [7, 11) is 0. The zero-order valence-corrected chi connectivity index (χ0v) is 15.4. The molecular weight excluding hydrogens is 354 g/mol. The lowest BCUT2D eigenvalue weighted by Gasteiger charge is -2.19. The van der Waals surface area contributed by atoms with Gasteiger partial charge in [-0.05, 0) is 18.8 Å². The van der Waals surface area contributed by atoms with Gasteiger partial charge in [-0.2, -0.15) is 0 Å². The third-order valence-electron chi connectivity index (χ3n) is 4.97. The first-order valence-electron chi connectivity index (χ1n) is 9.14. The van der Waals surface area contributed by atoms with E-state index in [9.17, 15) is 19.2 Å². The van der Waals surface area contributed by atoms with E-state index < -0.39 is 25.0 Å². The van der Waals surface area contributed by atoms with Crippen LogP contribution in [0.3, 0.4) is 0 Å². The molecule has 1 N–H and O–H groups in total. The van der Waals surface area contributed by atoms with Gasteiger partial charge in [-0.1, -0.05) is 31.8 Å². The highest BCUT2D eigenvalue weighted by Crippen LogP contribution is 2.37. The Labute approximate surface area is 156 Å². The van der Waals surface area contributed by atoms with Crippen molar-refractivity contribution in [1.82, 2.24) is 10.1 Å². The van der Waals surface area contributed by atoms with E-state index in [0.29, 0.717) is 18.5 Å². The second-order valence-corrected chi connectivity index (χ2v) is 7.24. The van der Waals surface area contributed by atoms with Crippen LogP contribution in [-0.2, 0) is 23.9 Å². The number of likely N-dealkylation sites (tertiary alicyclic amines) is 1. The van der Waals surface area contributed by atoms with Crippen molar-refractivity contribution in [2.24, 2.45) is 11.8 Å². The molecule has 0 bridgehead atoms. The molecule has 2 fully saturated rings. The number of nitrogens with one attached hydrogen (secondary N) is 1. The van der Waals surface area contributed by atoms with E-state index in [0.717, 1.165) is 17.7 Å². The van der Waals surface area contributed by atoms with Crippen LogP contribution in [0, 0.1) is 11.8 Å². The number of carbonyl (C=O) groups excluding carboxylic acids is 4. The Bertz CT molecular complexity index is 732. The Morgan fingerprint density at radius 1 is 1.26 bits per heavy atom. The minimum atomic E-state index is -0.800. The Morgan fingerprint density at radius 3 is 2.44 bits per heavy atom. The highest BCUT2D eigenvalue weighted by Gasteiger charge is 2.48. The molecule has 1 aliphatic heterocycles. The summed E-state index contributed by atoms with van der Waals surface area (Å²) in [4.78, 5) is 49.4. The quantitative estimate of drug-likeness (QED) is 0.589. The van der Waals surface area contributed by atoms with Crippen LogP contribution in [0.1, 0.15) is 51.1 Å². The summed E-state index contributed by atoms with van der Waals surface area (Å²) in [6.07, 6.45) is 3.19. The molecule has 2 heterocycles. The minimum Gasteiger partial charge on any atom is -0.454 e. The van der Waals surface area contributed by atoms with Gasteiger partial charge in [0.15, 0.2) is 6.61 Å². The van der Waals surface area contributed by atoms with Gasteiger partial charge in [-0.3, -0.25) is 29.4 Å². The fourth-order valence-corrected chi connectivity index (χ4v) is 3.50. The average Bonchev–Trinajstić information content (AvgIpc) is 3.20. The van der Waals surface area contributed by atoms with Crippen molar-refractivity contribution >= 4 is 29.6 Å². The molecule has 2 unspecified atom stereocenters. The van der Waals surface area contributed by atoms with E-state index in [1.54, 1.807) is 6.07 Å². The van der Waals surface area contributed by atoms with E-state index in [1.807, 2.05) is 13.8 Å². The van der Waals surface area contributed by atoms with Gasteiger partial charge in [0.2, 0.25) is 17.7 Å². The number of rotatable bonds is 6. The van der Waals surface area contributed by atoms with Crippen molar-refractivity contribution in [3.63, 3.8) is 0 Å². The van der Waals surface area contributed by atoms with E-state index in [-0.39, 0.29) is 35.5 Å². The second kappa shape index (κ2) is 7.89. The second-order valence-electron chi connectivity index (χ2n) is 7.24. The topological polar surface area (TPSA) is 119 Å². The largest absolute Gasteiger partial charge is 0.454 e. The molecule has 1 saturated carbocycles. The Balaban J connectivity index is 1.47. The van der Waals surface area contributed by atoms with Gasteiger partial charge in [0, 0.05) is 6.07 Å². The van der Waals surface area contributed by atoms with Gasteiger partial charge in [-0.25, -0.2) is 0 Å². The van der Waals surface area contributed by atoms with Gasteiger partial charge >= 0.3 is 5.97 Å². The molecule has 9 heteroatoms. The van der Waals surface area contributed by atoms with Crippen LogP contribution in [0.4, 0.5) is 5.88 Å². The van der Waals surface area contributed by atoms with E-state index in [4.69, 9.17) is 9.26 Å². The van der Waals surface area contributed by atoms with Crippen LogP contribution in [0.15, 0.2) is 10.6 Å². The van der Waals surface area contributed by atoms with Crippen molar-refractivity contribution in [3.8, 4) is 0 Å². The molecule has 2 atom stereocenters.